The molecular formula is C14H24ClN3OS. The lowest BCUT2D eigenvalue weighted by Gasteiger charge is -2.21. The van der Waals surface area contributed by atoms with Crippen LogP contribution in [0, 0.1) is 5.92 Å². The van der Waals surface area contributed by atoms with E-state index < -0.39 is 0 Å². The lowest BCUT2D eigenvalue weighted by molar-refractivity contribution is 0.0947. The predicted molar refractivity (Wildman–Crippen MR) is 85.4 cm³/mol. The lowest BCUT2D eigenvalue weighted by atomic mass is 9.86. The molecule has 1 aliphatic rings. The van der Waals surface area contributed by atoms with Crippen LogP contribution in [0.2, 0.25) is 0 Å². The van der Waals surface area contributed by atoms with Gasteiger partial charge in [0.25, 0.3) is 5.91 Å². The highest BCUT2D eigenvalue weighted by molar-refractivity contribution is 7.09. The minimum Gasteiger partial charge on any atom is -0.351 e. The number of hydrogen-bond acceptors (Lipinski definition) is 4. The summed E-state index contributed by atoms with van der Waals surface area (Å²) in [7, 11) is 0. The first-order valence-electron chi connectivity index (χ1n) is 7.22. The van der Waals surface area contributed by atoms with Crippen molar-refractivity contribution in [3.05, 3.63) is 16.1 Å². The second-order valence-electron chi connectivity index (χ2n) is 5.23. The van der Waals surface area contributed by atoms with Crippen molar-refractivity contribution in [2.75, 3.05) is 6.54 Å². The average Bonchev–Trinajstić information content (AvgIpc) is 2.93. The number of rotatable bonds is 6. The summed E-state index contributed by atoms with van der Waals surface area (Å²) in [6, 6.07) is 0. The summed E-state index contributed by atoms with van der Waals surface area (Å²) in [5.41, 5.74) is 5.99. The Morgan fingerprint density at radius 2 is 2.15 bits per heavy atom. The van der Waals surface area contributed by atoms with Crippen LogP contribution in [0.1, 0.15) is 60.4 Å². The second kappa shape index (κ2) is 9.32. The third-order valence-corrected chi connectivity index (χ3v) is 4.63. The number of aromatic nitrogens is 1. The van der Waals surface area contributed by atoms with E-state index in [1.54, 1.807) is 5.38 Å². The zero-order valence-electron chi connectivity index (χ0n) is 11.8. The van der Waals surface area contributed by atoms with Gasteiger partial charge in [-0.05, 0) is 18.8 Å². The molecule has 1 saturated carbocycles. The standard InChI is InChI=1S/C14H23N3OS.ClH/c15-9-13-17-12(10-19-13)14(18)16-8-4-7-11-5-2-1-3-6-11;/h10-11H,1-9,15H2,(H,16,18);1H. The molecule has 0 spiro atoms. The molecule has 114 valence electrons. The van der Waals surface area contributed by atoms with Crippen LogP contribution >= 0.6 is 23.7 Å². The number of carbonyl (C=O) groups is 1. The highest BCUT2D eigenvalue weighted by Crippen LogP contribution is 2.26. The number of hydrogen-bond donors (Lipinski definition) is 2. The fraction of sp³-hybridized carbons (Fsp3) is 0.714. The van der Waals surface area contributed by atoms with Crippen LogP contribution in [0.5, 0.6) is 0 Å². The second-order valence-corrected chi connectivity index (χ2v) is 6.18. The van der Waals surface area contributed by atoms with Gasteiger partial charge in [0.05, 0.1) is 0 Å². The Morgan fingerprint density at radius 3 is 2.80 bits per heavy atom. The van der Waals surface area contributed by atoms with Crippen LogP contribution in [-0.4, -0.2) is 17.4 Å². The zero-order valence-corrected chi connectivity index (χ0v) is 13.4. The number of nitrogens with zero attached hydrogens (tertiary/aromatic N) is 1. The van der Waals surface area contributed by atoms with Gasteiger partial charge < -0.3 is 11.1 Å². The molecule has 2 rings (SSSR count). The van der Waals surface area contributed by atoms with Crippen molar-refractivity contribution in [2.24, 2.45) is 11.7 Å². The van der Waals surface area contributed by atoms with Gasteiger partial charge in [-0.2, -0.15) is 0 Å². The van der Waals surface area contributed by atoms with Crippen molar-refractivity contribution in [3.8, 4) is 0 Å². The molecule has 0 aliphatic heterocycles. The third-order valence-electron chi connectivity index (χ3n) is 3.76. The maximum atomic E-state index is 11.8. The molecule has 20 heavy (non-hydrogen) atoms. The molecule has 6 heteroatoms. The Labute approximate surface area is 131 Å². The topological polar surface area (TPSA) is 68.0 Å². The maximum Gasteiger partial charge on any atom is 0.270 e. The minimum absolute atomic E-state index is 0. The SMILES string of the molecule is Cl.NCc1nc(C(=O)NCCCC2CCCCC2)cs1. The molecule has 1 fully saturated rings. The van der Waals surface area contributed by atoms with Gasteiger partial charge in [0, 0.05) is 18.5 Å². The molecule has 0 saturated heterocycles. The average molecular weight is 318 g/mol. The molecule has 0 unspecified atom stereocenters. The van der Waals surface area contributed by atoms with Crippen molar-refractivity contribution in [2.45, 2.75) is 51.5 Å². The molecule has 0 atom stereocenters. The first-order valence-corrected chi connectivity index (χ1v) is 8.10. The first-order chi connectivity index (χ1) is 9.29. The molecule has 1 amide bonds. The van der Waals surface area contributed by atoms with Crippen molar-refractivity contribution < 1.29 is 4.79 Å². The lowest BCUT2D eigenvalue weighted by Crippen LogP contribution is -2.25. The monoisotopic (exact) mass is 317 g/mol. The summed E-state index contributed by atoms with van der Waals surface area (Å²) in [5.74, 6) is 0.813. The van der Waals surface area contributed by atoms with Gasteiger partial charge in [-0.25, -0.2) is 4.98 Å². The Hall–Kier alpha value is -0.650. The molecule has 1 aromatic rings. The van der Waals surface area contributed by atoms with Gasteiger partial charge in [0.2, 0.25) is 0 Å². The molecule has 4 nitrogen and oxygen atoms in total. The van der Waals surface area contributed by atoms with Crippen LogP contribution in [0.3, 0.4) is 0 Å². The highest BCUT2D eigenvalue weighted by atomic mass is 35.5. The first kappa shape index (κ1) is 17.4. The van der Waals surface area contributed by atoms with Crippen LogP contribution in [-0.2, 0) is 6.54 Å². The molecule has 1 aliphatic carbocycles. The Bertz CT molecular complexity index is 405. The molecule has 1 heterocycles. The van der Waals surface area contributed by atoms with Crippen LogP contribution in [0.25, 0.3) is 0 Å². The van der Waals surface area contributed by atoms with Gasteiger partial charge >= 0.3 is 0 Å². The van der Waals surface area contributed by atoms with E-state index in [1.807, 2.05) is 0 Å². The Morgan fingerprint density at radius 1 is 1.40 bits per heavy atom. The summed E-state index contributed by atoms with van der Waals surface area (Å²) in [4.78, 5) is 16.0. The minimum atomic E-state index is -0.0698. The number of halogens is 1. The zero-order chi connectivity index (χ0) is 13.5. The van der Waals surface area contributed by atoms with E-state index in [9.17, 15) is 4.79 Å². The number of thiazole rings is 1. The maximum absolute atomic E-state index is 11.8. The quantitative estimate of drug-likeness (QED) is 0.792. The van der Waals surface area contributed by atoms with E-state index in [0.717, 1.165) is 23.9 Å². The van der Waals surface area contributed by atoms with Crippen molar-refractivity contribution in [3.63, 3.8) is 0 Å². The predicted octanol–water partition coefficient (Wildman–Crippen LogP) is 3.11. The van der Waals surface area contributed by atoms with Crippen LogP contribution < -0.4 is 11.1 Å². The third kappa shape index (κ3) is 5.38. The summed E-state index contributed by atoms with van der Waals surface area (Å²) < 4.78 is 0. The number of amides is 1. The van der Waals surface area contributed by atoms with Gasteiger partial charge in [-0.3, -0.25) is 4.79 Å². The van der Waals surface area contributed by atoms with Crippen LogP contribution in [0.15, 0.2) is 5.38 Å². The Kier molecular flexibility index (Phi) is 8.11. The summed E-state index contributed by atoms with van der Waals surface area (Å²) in [6.45, 7) is 1.16. The van der Waals surface area contributed by atoms with Crippen molar-refractivity contribution >= 4 is 29.7 Å². The van der Waals surface area contributed by atoms with E-state index in [4.69, 9.17) is 5.73 Å². The van der Waals surface area contributed by atoms with E-state index in [-0.39, 0.29) is 18.3 Å². The number of carbonyl (C=O) groups excluding carboxylic acids is 1. The van der Waals surface area contributed by atoms with E-state index in [2.05, 4.69) is 10.3 Å². The summed E-state index contributed by atoms with van der Waals surface area (Å²) in [5, 5.41) is 5.53. The van der Waals surface area contributed by atoms with Crippen molar-refractivity contribution in [1.82, 2.24) is 10.3 Å². The van der Waals surface area contributed by atoms with Gasteiger partial charge in [-0.1, -0.05) is 32.1 Å². The molecule has 0 aromatic carbocycles. The molecule has 1 aromatic heterocycles. The number of nitrogens with two attached hydrogens (primary N) is 1. The van der Waals surface area contributed by atoms with Gasteiger partial charge in [0.15, 0.2) is 0 Å². The van der Waals surface area contributed by atoms with Crippen molar-refractivity contribution in [1.29, 1.82) is 0 Å². The fourth-order valence-corrected chi connectivity index (χ4v) is 3.32. The smallest absolute Gasteiger partial charge is 0.270 e. The van der Waals surface area contributed by atoms with Gasteiger partial charge in [-0.15, -0.1) is 23.7 Å². The normalized spacial score (nSPS) is 15.7. The Balaban J connectivity index is 0.00000200. The summed E-state index contributed by atoms with van der Waals surface area (Å²) >= 11 is 1.44. The van der Waals surface area contributed by atoms with Gasteiger partial charge in [0.1, 0.15) is 10.7 Å². The molecule has 3 N–H and O–H groups in total. The molecule has 0 bridgehead atoms. The molecular weight excluding hydrogens is 294 g/mol. The molecule has 0 radical (unpaired) electrons. The fourth-order valence-electron chi connectivity index (χ4n) is 2.67. The van der Waals surface area contributed by atoms with Crippen LogP contribution in [0.4, 0.5) is 0 Å². The largest absolute Gasteiger partial charge is 0.351 e. The van der Waals surface area contributed by atoms with E-state index in [1.165, 1.54) is 49.9 Å². The van der Waals surface area contributed by atoms with E-state index in [0.29, 0.717) is 12.2 Å². The summed E-state index contributed by atoms with van der Waals surface area (Å²) in [6.07, 6.45) is 9.24. The van der Waals surface area contributed by atoms with E-state index >= 15 is 0 Å². The number of nitrogens with one attached hydrogen (secondary N) is 1. The highest BCUT2D eigenvalue weighted by Gasteiger charge is 2.13.